The lowest BCUT2D eigenvalue weighted by Gasteiger charge is -2.34. The zero-order chi connectivity index (χ0) is 28.1. The third kappa shape index (κ3) is 4.19. The normalized spacial score (nSPS) is 17.9. The molecule has 11 nitrogen and oxygen atoms in total. The van der Waals surface area contributed by atoms with Gasteiger partial charge in [-0.05, 0) is 19.8 Å². The van der Waals surface area contributed by atoms with Crippen LogP contribution in [0.15, 0.2) is 18.5 Å². The van der Waals surface area contributed by atoms with Gasteiger partial charge in [-0.25, -0.2) is 9.97 Å². The number of aryl methyl sites for hydroxylation is 1. The van der Waals surface area contributed by atoms with Crippen LogP contribution in [-0.2, 0) is 23.2 Å². The van der Waals surface area contributed by atoms with E-state index < -0.39 is 19.1 Å². The number of pyridine rings is 2. The number of carbonyl (C=O) groups excluding carboxylic acids is 2. The van der Waals surface area contributed by atoms with E-state index in [2.05, 4.69) is 30.8 Å². The molecule has 1 fully saturated rings. The molecule has 4 heterocycles. The number of carbonyl (C=O) groups is 2. The van der Waals surface area contributed by atoms with Crippen molar-refractivity contribution in [2.75, 3.05) is 29.7 Å². The molecule has 2 N–H and O–H groups in total. The van der Waals surface area contributed by atoms with Crippen molar-refractivity contribution in [3.63, 3.8) is 0 Å². The fourth-order valence-electron chi connectivity index (χ4n) is 4.41. The molecule has 36 heavy (non-hydrogen) atoms. The third-order valence-electron chi connectivity index (χ3n) is 6.55. The van der Waals surface area contributed by atoms with Crippen molar-refractivity contribution < 1.29 is 18.4 Å². The number of ketones is 1. The van der Waals surface area contributed by atoms with Crippen molar-refractivity contribution >= 4 is 34.7 Å². The Morgan fingerprint density at radius 2 is 2.03 bits per heavy atom. The zero-order valence-corrected chi connectivity index (χ0v) is 20.6. The molecule has 188 valence electrons. The van der Waals surface area contributed by atoms with Crippen LogP contribution in [0.3, 0.4) is 0 Å². The molecule has 3 aromatic heterocycles. The summed E-state index contributed by atoms with van der Waals surface area (Å²) < 4.78 is 28.1. The number of hydrogen-bond acceptors (Lipinski definition) is 9. The Labute approximate surface area is 213 Å². The summed E-state index contributed by atoms with van der Waals surface area (Å²) >= 11 is 0. The van der Waals surface area contributed by atoms with Gasteiger partial charge in [0.1, 0.15) is 17.2 Å². The minimum absolute atomic E-state index is 0.0431. The number of nitrogens with one attached hydrogen (secondary N) is 2. The van der Waals surface area contributed by atoms with E-state index in [9.17, 15) is 9.59 Å². The molecule has 1 atom stereocenters. The Bertz CT molecular complexity index is 1450. The molecule has 0 bridgehead atoms. The van der Waals surface area contributed by atoms with Gasteiger partial charge in [0.25, 0.3) is 0 Å². The van der Waals surface area contributed by atoms with Crippen LogP contribution in [0.4, 0.5) is 23.0 Å². The topological polar surface area (TPSA) is 127 Å². The molecule has 1 aliphatic heterocycles. The van der Waals surface area contributed by atoms with E-state index in [1.165, 1.54) is 17.1 Å². The van der Waals surface area contributed by atoms with Crippen LogP contribution in [0, 0.1) is 5.92 Å². The van der Waals surface area contributed by atoms with Crippen molar-refractivity contribution in [2.24, 2.45) is 13.0 Å². The lowest BCUT2D eigenvalue weighted by atomic mass is 9.95. The van der Waals surface area contributed by atoms with Crippen LogP contribution >= 0.6 is 0 Å². The Morgan fingerprint density at radius 3 is 2.75 bits per heavy atom. The van der Waals surface area contributed by atoms with Crippen LogP contribution in [-0.4, -0.2) is 50.8 Å². The van der Waals surface area contributed by atoms with E-state index in [1.54, 1.807) is 20.4 Å². The maximum Gasteiger partial charge on any atom is 0.228 e. The molecule has 0 spiro atoms. The minimum Gasteiger partial charge on any atom is -0.380 e. The van der Waals surface area contributed by atoms with Gasteiger partial charge < -0.3 is 20.3 Å². The number of rotatable bonds is 8. The smallest absolute Gasteiger partial charge is 0.228 e. The van der Waals surface area contributed by atoms with Gasteiger partial charge in [0, 0.05) is 67.2 Å². The van der Waals surface area contributed by atoms with Gasteiger partial charge in [-0.1, -0.05) is 6.85 Å². The summed E-state index contributed by atoms with van der Waals surface area (Å²) in [6, 6.07) is 1.40. The van der Waals surface area contributed by atoms with Gasteiger partial charge >= 0.3 is 0 Å². The standard InChI is InChI=1S/C25H30N8O3/c1-6-18(34)16-11-26-19(29-25(35)14-7-8-14)9-17(16)28-24-23-20(15(10-27-24)12-36-5)22-21(13(2)32(23)3)30-33(4)31-22/h9-11,13-14H,6-8,12H2,1-5H3,(H2,26,27,28,29,35)/t13-/m1/s1/i1D3. The summed E-state index contributed by atoms with van der Waals surface area (Å²) in [6.07, 6.45) is 3.96. The summed E-state index contributed by atoms with van der Waals surface area (Å²) in [5.41, 5.74) is 4.21. The number of Topliss-reactive ketones (excluding diaryl/α,β-unsaturated/α-hetero) is 1. The lowest BCUT2D eigenvalue weighted by Crippen LogP contribution is -2.28. The van der Waals surface area contributed by atoms with Gasteiger partial charge in [-0.3, -0.25) is 9.59 Å². The molecular weight excluding hydrogens is 460 g/mol. The summed E-state index contributed by atoms with van der Waals surface area (Å²) in [7, 11) is 5.28. The highest BCUT2D eigenvalue weighted by molar-refractivity contribution is 6.03. The molecule has 0 unspecified atom stereocenters. The number of hydrogen-bond donors (Lipinski definition) is 2. The molecule has 0 saturated heterocycles. The molecular formula is C25H30N8O3. The van der Waals surface area contributed by atoms with Crippen molar-refractivity contribution in [1.82, 2.24) is 25.0 Å². The maximum absolute atomic E-state index is 13.0. The van der Waals surface area contributed by atoms with Gasteiger partial charge in [0.15, 0.2) is 11.6 Å². The van der Waals surface area contributed by atoms with Crippen molar-refractivity contribution in [3.05, 3.63) is 35.3 Å². The second-order valence-electron chi connectivity index (χ2n) is 9.10. The first kappa shape index (κ1) is 20.3. The molecule has 1 aliphatic carbocycles. The summed E-state index contributed by atoms with van der Waals surface area (Å²) in [4.78, 5) is 37.8. The van der Waals surface area contributed by atoms with Crippen molar-refractivity contribution in [1.29, 1.82) is 0 Å². The molecule has 1 saturated carbocycles. The van der Waals surface area contributed by atoms with Crippen LogP contribution < -0.4 is 15.5 Å². The predicted octanol–water partition coefficient (Wildman–Crippen LogP) is 3.61. The summed E-state index contributed by atoms with van der Waals surface area (Å²) in [5.74, 6) is -0.115. The number of anilines is 4. The van der Waals surface area contributed by atoms with E-state index >= 15 is 0 Å². The highest BCUT2D eigenvalue weighted by atomic mass is 16.5. The fourth-order valence-corrected chi connectivity index (χ4v) is 4.41. The van der Waals surface area contributed by atoms with Gasteiger partial charge in [-0.2, -0.15) is 15.0 Å². The Kier molecular flexibility index (Phi) is 5.26. The Balaban J connectivity index is 1.62. The Hall–Kier alpha value is -3.86. The third-order valence-corrected chi connectivity index (χ3v) is 6.55. The van der Waals surface area contributed by atoms with Crippen molar-refractivity contribution in [2.45, 2.75) is 45.7 Å². The monoisotopic (exact) mass is 493 g/mol. The first-order valence-corrected chi connectivity index (χ1v) is 11.7. The van der Waals surface area contributed by atoms with Gasteiger partial charge in [0.05, 0.1) is 29.6 Å². The number of aromatic nitrogens is 5. The fraction of sp³-hybridized carbons (Fsp3) is 0.440. The largest absolute Gasteiger partial charge is 0.380 e. The van der Waals surface area contributed by atoms with Crippen molar-refractivity contribution in [3.8, 4) is 11.3 Å². The number of methoxy groups -OCH3 is 1. The van der Waals surface area contributed by atoms with E-state index in [1.807, 2.05) is 18.9 Å². The number of fused-ring (bicyclic) bond motifs is 3. The minimum atomic E-state index is -2.45. The maximum atomic E-state index is 13.0. The zero-order valence-electron chi connectivity index (χ0n) is 23.6. The van der Waals surface area contributed by atoms with Crippen LogP contribution in [0.1, 0.15) is 64.8 Å². The van der Waals surface area contributed by atoms with Gasteiger partial charge in [0.2, 0.25) is 5.91 Å². The summed E-state index contributed by atoms with van der Waals surface area (Å²) in [6.45, 7) is -0.153. The molecule has 3 aromatic rings. The quantitative estimate of drug-likeness (QED) is 0.452. The first-order valence-electron chi connectivity index (χ1n) is 13.2. The number of ether oxygens (including phenoxy) is 1. The second kappa shape index (κ2) is 9.30. The summed E-state index contributed by atoms with van der Waals surface area (Å²) in [5, 5.41) is 15.2. The highest BCUT2D eigenvalue weighted by Crippen LogP contribution is 2.47. The molecule has 5 rings (SSSR count). The molecule has 11 heteroatoms. The SMILES string of the molecule is [2H]C([2H])([2H])CC(=O)c1cnc(NC(=O)C2CC2)cc1Nc1ncc(COC)c2c1N(C)[C@H](C)c1nn(C)nc1-2. The number of nitrogens with zero attached hydrogens (tertiary/aromatic N) is 6. The van der Waals surface area contributed by atoms with Crippen LogP contribution in [0.25, 0.3) is 11.3 Å². The van der Waals surface area contributed by atoms with E-state index in [4.69, 9.17) is 8.85 Å². The van der Waals surface area contributed by atoms with E-state index in [0.717, 1.165) is 35.3 Å². The van der Waals surface area contributed by atoms with Gasteiger partial charge in [-0.15, -0.1) is 0 Å². The van der Waals surface area contributed by atoms with E-state index in [0.29, 0.717) is 18.1 Å². The molecule has 2 aliphatic rings. The molecule has 1 amide bonds. The molecule has 0 aromatic carbocycles. The van der Waals surface area contributed by atoms with E-state index in [-0.39, 0.29) is 34.9 Å². The first-order chi connectivity index (χ1) is 18.5. The lowest BCUT2D eigenvalue weighted by molar-refractivity contribution is -0.117. The average molecular weight is 494 g/mol. The second-order valence-corrected chi connectivity index (χ2v) is 9.10. The number of amides is 1. The predicted molar refractivity (Wildman–Crippen MR) is 135 cm³/mol. The van der Waals surface area contributed by atoms with Crippen LogP contribution in [0.2, 0.25) is 0 Å². The highest BCUT2D eigenvalue weighted by Gasteiger charge is 2.35. The van der Waals surface area contributed by atoms with Crippen LogP contribution in [0.5, 0.6) is 0 Å². The molecule has 0 radical (unpaired) electrons. The average Bonchev–Trinajstić information content (AvgIpc) is 3.64. The Morgan fingerprint density at radius 1 is 1.22 bits per heavy atom.